The minimum absolute atomic E-state index is 0.0536. The Labute approximate surface area is 136 Å². The Morgan fingerprint density at radius 3 is 2.58 bits per heavy atom. The van der Waals surface area contributed by atoms with Crippen LogP contribution < -0.4 is 5.32 Å². The van der Waals surface area contributed by atoms with Crippen LogP contribution in [0.15, 0.2) is 53.1 Å². The molecule has 0 atom stereocenters. The minimum atomic E-state index is -0.425. The van der Waals surface area contributed by atoms with Gasteiger partial charge >= 0.3 is 0 Å². The highest BCUT2D eigenvalue weighted by atomic mass is 19.1. The number of hydrogen-bond donors (Lipinski definition) is 1. The molecular formula is C17H13F2N3O2. The molecule has 1 N–H and O–H groups in total. The highest BCUT2D eigenvalue weighted by molar-refractivity contribution is 5.78. The number of carbonyl (C=O) groups is 1. The standard InChI is InChI=1S/C17H13F2N3O2/c18-13-7-5-11(6-8-13)17-21-15(22-24-17)10-20-16(23)9-12-3-1-2-4-14(12)19/h1-8H,9-10H2,(H,20,23). The Balaban J connectivity index is 1.58. The SMILES string of the molecule is O=C(Cc1ccccc1F)NCc1noc(-c2ccc(F)cc2)n1. The van der Waals surface area contributed by atoms with E-state index in [1.165, 1.54) is 30.3 Å². The van der Waals surface area contributed by atoms with E-state index in [-0.39, 0.29) is 36.4 Å². The van der Waals surface area contributed by atoms with Crippen LogP contribution in [0.1, 0.15) is 11.4 Å². The summed E-state index contributed by atoms with van der Waals surface area (Å²) in [5, 5.41) is 6.34. The van der Waals surface area contributed by atoms with Crippen molar-refractivity contribution < 1.29 is 18.1 Å². The highest BCUT2D eigenvalue weighted by Gasteiger charge is 2.11. The number of halogens is 2. The van der Waals surface area contributed by atoms with Gasteiger partial charge in [0, 0.05) is 5.56 Å². The molecule has 3 rings (SSSR count). The third-order valence-electron chi connectivity index (χ3n) is 3.31. The summed E-state index contributed by atoms with van der Waals surface area (Å²) in [6.07, 6.45) is -0.0741. The first-order chi connectivity index (χ1) is 11.6. The molecule has 0 saturated carbocycles. The van der Waals surface area contributed by atoms with Crippen LogP contribution in [-0.2, 0) is 17.8 Å². The summed E-state index contributed by atoms with van der Waals surface area (Å²) in [7, 11) is 0. The van der Waals surface area contributed by atoms with E-state index in [0.29, 0.717) is 11.1 Å². The lowest BCUT2D eigenvalue weighted by molar-refractivity contribution is -0.120. The summed E-state index contributed by atoms with van der Waals surface area (Å²) in [6, 6.07) is 11.7. The zero-order valence-electron chi connectivity index (χ0n) is 12.5. The number of carbonyl (C=O) groups excluding carboxylic acids is 1. The molecule has 5 nitrogen and oxygen atoms in total. The van der Waals surface area contributed by atoms with Crippen LogP contribution in [0.3, 0.4) is 0 Å². The van der Waals surface area contributed by atoms with Crippen LogP contribution in [0.5, 0.6) is 0 Å². The number of nitrogens with one attached hydrogen (secondary N) is 1. The van der Waals surface area contributed by atoms with Crippen LogP contribution in [0, 0.1) is 11.6 Å². The van der Waals surface area contributed by atoms with Gasteiger partial charge in [-0.25, -0.2) is 8.78 Å². The maximum Gasteiger partial charge on any atom is 0.257 e. The maximum absolute atomic E-state index is 13.5. The van der Waals surface area contributed by atoms with Gasteiger partial charge in [0.15, 0.2) is 5.82 Å². The van der Waals surface area contributed by atoms with E-state index in [1.807, 2.05) is 0 Å². The molecule has 0 unspecified atom stereocenters. The predicted octanol–water partition coefficient (Wildman–Crippen LogP) is 2.87. The molecule has 0 fully saturated rings. The lowest BCUT2D eigenvalue weighted by Gasteiger charge is -2.03. The van der Waals surface area contributed by atoms with E-state index in [9.17, 15) is 13.6 Å². The van der Waals surface area contributed by atoms with Gasteiger partial charge in [-0.15, -0.1) is 0 Å². The molecular weight excluding hydrogens is 316 g/mol. The van der Waals surface area contributed by atoms with Crippen LogP contribution in [-0.4, -0.2) is 16.0 Å². The Hall–Kier alpha value is -3.09. The molecule has 24 heavy (non-hydrogen) atoms. The lowest BCUT2D eigenvalue weighted by atomic mass is 10.1. The van der Waals surface area contributed by atoms with Crippen molar-refractivity contribution in [3.8, 4) is 11.5 Å². The summed E-state index contributed by atoms with van der Waals surface area (Å²) in [5.41, 5.74) is 0.892. The van der Waals surface area contributed by atoms with E-state index in [2.05, 4.69) is 15.5 Å². The van der Waals surface area contributed by atoms with Gasteiger partial charge in [-0.2, -0.15) is 4.98 Å². The second kappa shape index (κ2) is 6.99. The van der Waals surface area contributed by atoms with Gasteiger partial charge in [0.2, 0.25) is 5.91 Å². The molecule has 1 heterocycles. The summed E-state index contributed by atoms with van der Waals surface area (Å²) in [6.45, 7) is 0.0536. The van der Waals surface area contributed by atoms with E-state index in [1.54, 1.807) is 18.2 Å². The fraction of sp³-hybridized carbons (Fsp3) is 0.118. The van der Waals surface area contributed by atoms with Crippen LogP contribution in [0.25, 0.3) is 11.5 Å². The molecule has 122 valence electrons. The Kier molecular flexibility index (Phi) is 4.60. The average molecular weight is 329 g/mol. The molecule has 0 aliphatic heterocycles. The molecule has 1 amide bonds. The van der Waals surface area contributed by atoms with Crippen molar-refractivity contribution in [3.63, 3.8) is 0 Å². The molecule has 0 saturated heterocycles. The molecule has 7 heteroatoms. The topological polar surface area (TPSA) is 68.0 Å². The maximum atomic E-state index is 13.5. The van der Waals surface area contributed by atoms with Gasteiger partial charge in [-0.05, 0) is 35.9 Å². The van der Waals surface area contributed by atoms with Crippen molar-refractivity contribution in [2.24, 2.45) is 0 Å². The van der Waals surface area contributed by atoms with Gasteiger partial charge in [0.05, 0.1) is 13.0 Å². The first kappa shape index (κ1) is 15.8. The third kappa shape index (κ3) is 3.81. The van der Waals surface area contributed by atoms with E-state index in [4.69, 9.17) is 4.52 Å². The molecule has 1 aromatic heterocycles. The Bertz CT molecular complexity index is 847. The number of rotatable bonds is 5. The zero-order chi connectivity index (χ0) is 16.9. The van der Waals surface area contributed by atoms with Crippen molar-refractivity contribution in [2.75, 3.05) is 0 Å². The first-order valence-corrected chi connectivity index (χ1v) is 7.20. The molecule has 0 bridgehead atoms. The van der Waals surface area contributed by atoms with Crippen molar-refractivity contribution in [2.45, 2.75) is 13.0 Å². The number of amides is 1. The lowest BCUT2D eigenvalue weighted by Crippen LogP contribution is -2.25. The molecule has 2 aromatic carbocycles. The molecule has 3 aromatic rings. The quantitative estimate of drug-likeness (QED) is 0.781. The molecule has 0 aliphatic carbocycles. The minimum Gasteiger partial charge on any atom is -0.348 e. The molecule has 0 aliphatic rings. The zero-order valence-corrected chi connectivity index (χ0v) is 12.5. The second-order valence-electron chi connectivity index (χ2n) is 5.07. The first-order valence-electron chi connectivity index (χ1n) is 7.20. The van der Waals surface area contributed by atoms with Gasteiger partial charge in [0.25, 0.3) is 5.89 Å². The molecule has 0 spiro atoms. The van der Waals surface area contributed by atoms with Crippen molar-refractivity contribution in [1.29, 1.82) is 0 Å². The smallest absolute Gasteiger partial charge is 0.257 e. The van der Waals surface area contributed by atoms with Crippen molar-refractivity contribution >= 4 is 5.91 Å². The van der Waals surface area contributed by atoms with E-state index in [0.717, 1.165) is 0 Å². The monoisotopic (exact) mass is 329 g/mol. The fourth-order valence-electron chi connectivity index (χ4n) is 2.09. The van der Waals surface area contributed by atoms with Crippen LogP contribution >= 0.6 is 0 Å². The third-order valence-corrected chi connectivity index (χ3v) is 3.31. The summed E-state index contributed by atoms with van der Waals surface area (Å²) in [4.78, 5) is 16.0. The van der Waals surface area contributed by atoms with Crippen LogP contribution in [0.2, 0.25) is 0 Å². The Morgan fingerprint density at radius 2 is 1.83 bits per heavy atom. The average Bonchev–Trinajstić information content (AvgIpc) is 3.05. The largest absolute Gasteiger partial charge is 0.348 e. The van der Waals surface area contributed by atoms with Gasteiger partial charge < -0.3 is 9.84 Å². The van der Waals surface area contributed by atoms with Gasteiger partial charge in [0.1, 0.15) is 11.6 Å². The number of nitrogens with zero attached hydrogens (tertiary/aromatic N) is 2. The summed E-state index contributed by atoms with van der Waals surface area (Å²) < 4.78 is 31.4. The van der Waals surface area contributed by atoms with E-state index >= 15 is 0 Å². The highest BCUT2D eigenvalue weighted by Crippen LogP contribution is 2.17. The normalized spacial score (nSPS) is 10.6. The Morgan fingerprint density at radius 1 is 1.08 bits per heavy atom. The molecule has 0 radical (unpaired) electrons. The van der Waals surface area contributed by atoms with Gasteiger partial charge in [-0.1, -0.05) is 23.4 Å². The van der Waals surface area contributed by atoms with Gasteiger partial charge in [-0.3, -0.25) is 4.79 Å². The number of benzene rings is 2. The fourth-order valence-corrected chi connectivity index (χ4v) is 2.09. The van der Waals surface area contributed by atoms with Crippen LogP contribution in [0.4, 0.5) is 8.78 Å². The van der Waals surface area contributed by atoms with Crippen molar-refractivity contribution in [1.82, 2.24) is 15.5 Å². The number of aromatic nitrogens is 2. The number of hydrogen-bond acceptors (Lipinski definition) is 4. The predicted molar refractivity (Wildman–Crippen MR) is 81.6 cm³/mol. The second-order valence-corrected chi connectivity index (χ2v) is 5.07. The summed E-state index contributed by atoms with van der Waals surface area (Å²) in [5.74, 6) is -0.637. The summed E-state index contributed by atoms with van der Waals surface area (Å²) >= 11 is 0. The van der Waals surface area contributed by atoms with E-state index < -0.39 is 5.82 Å². The van der Waals surface area contributed by atoms with Crippen molar-refractivity contribution in [3.05, 3.63) is 71.6 Å².